The van der Waals surface area contributed by atoms with E-state index in [1.165, 1.54) is 0 Å². The number of para-hydroxylation sites is 1. The highest BCUT2D eigenvalue weighted by atomic mass is 16.5. The monoisotopic (exact) mass is 462 g/mol. The molecule has 8 nitrogen and oxygen atoms in total. The molecule has 0 saturated heterocycles. The second-order valence-electron chi connectivity index (χ2n) is 7.67. The number of aromatic amines is 1. The van der Waals surface area contributed by atoms with E-state index in [9.17, 15) is 4.79 Å². The van der Waals surface area contributed by atoms with E-state index in [0.29, 0.717) is 11.4 Å². The number of carbonyl (C=O) groups is 1. The maximum atomic E-state index is 12.6. The van der Waals surface area contributed by atoms with Gasteiger partial charge in [-0.15, -0.1) is 0 Å². The molecule has 5 rings (SSSR count). The van der Waals surface area contributed by atoms with E-state index in [4.69, 9.17) is 9.84 Å². The zero-order chi connectivity index (χ0) is 24.0. The minimum absolute atomic E-state index is 0.316. The van der Waals surface area contributed by atoms with E-state index in [-0.39, 0.29) is 0 Å². The fourth-order valence-corrected chi connectivity index (χ4v) is 3.58. The van der Waals surface area contributed by atoms with Gasteiger partial charge in [-0.05, 0) is 42.5 Å². The lowest BCUT2D eigenvalue weighted by atomic mass is 10.1. The van der Waals surface area contributed by atoms with Gasteiger partial charge in [-0.3, -0.25) is 9.89 Å². The highest BCUT2D eigenvalue weighted by Crippen LogP contribution is 2.25. The molecule has 0 aliphatic heterocycles. The molecule has 0 fully saturated rings. The third-order valence-electron chi connectivity index (χ3n) is 5.39. The number of nitrogens with one attached hydrogen (secondary N) is 2. The third kappa shape index (κ3) is 4.86. The zero-order valence-corrected chi connectivity index (χ0v) is 18.9. The Morgan fingerprint density at radius 1 is 0.971 bits per heavy atom. The van der Waals surface area contributed by atoms with E-state index in [1.807, 2.05) is 91.1 Å². The van der Waals surface area contributed by atoms with Crippen LogP contribution in [0.2, 0.25) is 0 Å². The van der Waals surface area contributed by atoms with Gasteiger partial charge in [-0.25, -0.2) is 10.1 Å². The van der Waals surface area contributed by atoms with Crippen LogP contribution in [0.25, 0.3) is 28.2 Å². The number of hydrazone groups is 1. The second kappa shape index (κ2) is 9.88. The van der Waals surface area contributed by atoms with E-state index >= 15 is 0 Å². The molecule has 0 unspecified atom stereocenters. The Labute approximate surface area is 201 Å². The Bertz CT molecular complexity index is 1450. The number of amides is 1. The molecule has 0 aliphatic carbocycles. The number of nitrogens with zero attached hydrogens (tertiary/aromatic N) is 4. The number of ether oxygens (including phenoxy) is 1. The molecule has 0 bridgehead atoms. The Balaban J connectivity index is 1.38. The topological polar surface area (TPSA) is 97.2 Å². The minimum Gasteiger partial charge on any atom is -0.497 e. The maximum Gasteiger partial charge on any atom is 0.289 e. The van der Waals surface area contributed by atoms with Crippen molar-refractivity contribution < 1.29 is 9.53 Å². The van der Waals surface area contributed by atoms with Crippen LogP contribution < -0.4 is 10.2 Å². The molecule has 0 aliphatic rings. The highest BCUT2D eigenvalue weighted by molar-refractivity contribution is 5.95. The minimum atomic E-state index is -0.391. The molecule has 0 saturated carbocycles. The van der Waals surface area contributed by atoms with Crippen LogP contribution in [0.1, 0.15) is 16.1 Å². The molecule has 2 heterocycles. The largest absolute Gasteiger partial charge is 0.497 e. The van der Waals surface area contributed by atoms with E-state index in [1.54, 1.807) is 24.1 Å². The van der Waals surface area contributed by atoms with Crippen molar-refractivity contribution in [1.29, 1.82) is 0 Å². The molecule has 35 heavy (non-hydrogen) atoms. The summed E-state index contributed by atoms with van der Waals surface area (Å²) in [6, 6.07) is 28.7. The van der Waals surface area contributed by atoms with E-state index in [0.717, 1.165) is 33.8 Å². The molecule has 1 amide bonds. The van der Waals surface area contributed by atoms with Crippen LogP contribution in [-0.2, 0) is 0 Å². The molecule has 0 atom stereocenters. The lowest BCUT2D eigenvalue weighted by molar-refractivity contribution is 0.0950. The van der Waals surface area contributed by atoms with Crippen LogP contribution >= 0.6 is 0 Å². The number of methoxy groups -OCH3 is 1. The number of hydrogen-bond acceptors (Lipinski definition) is 5. The number of hydrogen-bond donors (Lipinski definition) is 2. The van der Waals surface area contributed by atoms with Crippen molar-refractivity contribution in [1.82, 2.24) is 25.4 Å². The smallest absolute Gasteiger partial charge is 0.289 e. The summed E-state index contributed by atoms with van der Waals surface area (Å²) in [6.07, 6.45) is 3.45. The molecular formula is C27H22N6O2. The average Bonchev–Trinajstić information content (AvgIpc) is 3.58. The first-order valence-corrected chi connectivity index (χ1v) is 10.9. The van der Waals surface area contributed by atoms with Gasteiger partial charge in [0.25, 0.3) is 5.91 Å². The van der Waals surface area contributed by atoms with Gasteiger partial charge < -0.3 is 4.74 Å². The zero-order valence-electron chi connectivity index (χ0n) is 18.9. The van der Waals surface area contributed by atoms with E-state index in [2.05, 4.69) is 20.7 Å². The van der Waals surface area contributed by atoms with Gasteiger partial charge >= 0.3 is 0 Å². The van der Waals surface area contributed by atoms with Gasteiger partial charge in [0.1, 0.15) is 17.1 Å². The Morgan fingerprint density at radius 3 is 2.40 bits per heavy atom. The maximum absolute atomic E-state index is 12.6. The molecule has 2 N–H and O–H groups in total. The van der Waals surface area contributed by atoms with Gasteiger partial charge in [0, 0.05) is 22.9 Å². The van der Waals surface area contributed by atoms with Crippen molar-refractivity contribution in [2.75, 3.05) is 7.11 Å². The van der Waals surface area contributed by atoms with Crippen molar-refractivity contribution in [2.24, 2.45) is 5.10 Å². The summed E-state index contributed by atoms with van der Waals surface area (Å²) in [4.78, 5) is 12.6. The van der Waals surface area contributed by atoms with Gasteiger partial charge in [-0.1, -0.05) is 48.5 Å². The number of H-pyrrole nitrogens is 1. The molecule has 5 aromatic rings. The van der Waals surface area contributed by atoms with Crippen molar-refractivity contribution in [3.8, 4) is 34.0 Å². The van der Waals surface area contributed by atoms with Crippen LogP contribution in [-0.4, -0.2) is 39.2 Å². The van der Waals surface area contributed by atoms with Crippen molar-refractivity contribution in [3.63, 3.8) is 0 Å². The van der Waals surface area contributed by atoms with Gasteiger partial charge in [0.2, 0.25) is 0 Å². The molecule has 172 valence electrons. The molecule has 2 aromatic heterocycles. The van der Waals surface area contributed by atoms with Crippen molar-refractivity contribution in [2.45, 2.75) is 0 Å². The first kappa shape index (κ1) is 21.8. The Hall–Kier alpha value is -4.98. The summed E-state index contributed by atoms with van der Waals surface area (Å²) in [5.74, 6) is 0.366. The van der Waals surface area contributed by atoms with Crippen molar-refractivity contribution in [3.05, 3.63) is 108 Å². The lowest BCUT2D eigenvalue weighted by Crippen LogP contribution is -2.18. The summed E-state index contributed by atoms with van der Waals surface area (Å²) >= 11 is 0. The summed E-state index contributed by atoms with van der Waals surface area (Å²) in [5.41, 5.74) is 7.76. The van der Waals surface area contributed by atoms with Crippen LogP contribution in [0, 0.1) is 0 Å². The Kier molecular flexibility index (Phi) is 6.17. The summed E-state index contributed by atoms with van der Waals surface area (Å²) in [7, 11) is 1.63. The number of rotatable bonds is 7. The summed E-state index contributed by atoms with van der Waals surface area (Å²) in [6.45, 7) is 0. The van der Waals surface area contributed by atoms with Gasteiger partial charge in [0.05, 0.1) is 24.7 Å². The van der Waals surface area contributed by atoms with Gasteiger partial charge in [-0.2, -0.15) is 15.3 Å². The second-order valence-corrected chi connectivity index (χ2v) is 7.67. The lowest BCUT2D eigenvalue weighted by Gasteiger charge is -2.02. The Morgan fingerprint density at radius 2 is 1.69 bits per heavy atom. The molecule has 8 heteroatoms. The molecule has 0 radical (unpaired) electrons. The highest BCUT2D eigenvalue weighted by Gasteiger charge is 2.13. The number of benzene rings is 3. The predicted octanol–water partition coefficient (Wildman–Crippen LogP) is 4.70. The predicted molar refractivity (Wildman–Crippen MR) is 135 cm³/mol. The fourth-order valence-electron chi connectivity index (χ4n) is 3.58. The van der Waals surface area contributed by atoms with Crippen LogP contribution in [0.3, 0.4) is 0 Å². The quantitative estimate of drug-likeness (QED) is 0.271. The average molecular weight is 463 g/mol. The van der Waals surface area contributed by atoms with Crippen molar-refractivity contribution >= 4 is 12.1 Å². The molecule has 3 aromatic carbocycles. The standard InChI is InChI=1S/C27H22N6O2/c1-35-23-14-12-20(13-15-23)26-21(18-33(32-26)22-10-6-3-7-11-22)17-28-31-27(34)25-16-24(29-30-25)19-8-4-2-5-9-19/h2-18H,1H3,(H,29,30)(H,31,34)/b28-17+. The first-order chi connectivity index (χ1) is 17.2. The van der Waals surface area contributed by atoms with Crippen LogP contribution in [0.15, 0.2) is 102 Å². The SMILES string of the molecule is COc1ccc(-c2nn(-c3ccccc3)cc2/C=N/NC(=O)c2cc(-c3ccccc3)n[nH]2)cc1. The van der Waals surface area contributed by atoms with E-state index < -0.39 is 5.91 Å². The summed E-state index contributed by atoms with van der Waals surface area (Å²) in [5, 5.41) is 15.9. The molecular weight excluding hydrogens is 440 g/mol. The third-order valence-corrected chi connectivity index (χ3v) is 5.39. The first-order valence-electron chi connectivity index (χ1n) is 10.9. The van der Waals surface area contributed by atoms with Gasteiger partial charge in [0.15, 0.2) is 0 Å². The molecule has 0 spiro atoms. The van der Waals surface area contributed by atoms with Crippen LogP contribution in [0.4, 0.5) is 0 Å². The fraction of sp³-hybridized carbons (Fsp3) is 0.0370. The normalized spacial score (nSPS) is 11.0. The number of aromatic nitrogens is 4. The van der Waals surface area contributed by atoms with Crippen LogP contribution in [0.5, 0.6) is 5.75 Å². The number of carbonyl (C=O) groups excluding carboxylic acids is 1. The summed E-state index contributed by atoms with van der Waals surface area (Å²) < 4.78 is 7.05.